The van der Waals surface area contributed by atoms with Gasteiger partial charge in [0.05, 0.1) is 36.8 Å². The van der Waals surface area contributed by atoms with Crippen LogP contribution < -0.4 is 0 Å². The zero-order valence-corrected chi connectivity index (χ0v) is 10.0. The maximum Gasteiger partial charge on any atom is 0.338 e. The number of aliphatic hydroxyl groups is 1. The quantitative estimate of drug-likeness (QED) is 0.433. The molecule has 0 aliphatic heterocycles. The van der Waals surface area contributed by atoms with Crippen molar-refractivity contribution in [3.63, 3.8) is 0 Å². The second-order valence-corrected chi connectivity index (χ2v) is 5.12. The number of nitriles is 1. The van der Waals surface area contributed by atoms with E-state index in [0.29, 0.717) is 6.26 Å². The number of hydrogen-bond donors (Lipinski definition) is 1. The Bertz CT molecular complexity index is 298. The summed E-state index contributed by atoms with van der Waals surface area (Å²) in [6.07, 6.45) is 0.634. The van der Waals surface area contributed by atoms with Crippen LogP contribution in [0.1, 0.15) is 20.8 Å². The molecule has 1 atom stereocenters. The Morgan fingerprint density at radius 2 is 2.00 bits per heavy atom. The molecule has 0 amide bonds. The Balaban J connectivity index is 4.94. The monoisotopic (exact) mass is 233 g/mol. The summed E-state index contributed by atoms with van der Waals surface area (Å²) in [5.74, 6) is 0. The van der Waals surface area contributed by atoms with Gasteiger partial charge < -0.3 is 14.2 Å². The highest BCUT2D eigenvalue weighted by Gasteiger charge is 2.34. The van der Waals surface area contributed by atoms with Gasteiger partial charge in [0.25, 0.3) is 0 Å². The van der Waals surface area contributed by atoms with Crippen LogP contribution in [0.3, 0.4) is 0 Å². The molecule has 0 bridgehead atoms. The van der Waals surface area contributed by atoms with Crippen molar-refractivity contribution in [2.24, 2.45) is 0 Å². The Morgan fingerprint density at radius 3 is 2.27 bits per heavy atom. The molecule has 0 saturated carbocycles. The molecule has 1 N–H and O–H groups in total. The van der Waals surface area contributed by atoms with E-state index in [1.807, 2.05) is 0 Å². The van der Waals surface area contributed by atoms with Crippen molar-refractivity contribution in [1.82, 2.24) is 0 Å². The number of allylic oxidation sites excluding steroid dienone is 1. The zero-order valence-electron chi connectivity index (χ0n) is 9.14. The minimum atomic E-state index is -3.35. The summed E-state index contributed by atoms with van der Waals surface area (Å²) < 4.78 is 22.2. The zero-order chi connectivity index (χ0) is 11.9. The third-order valence-corrected chi connectivity index (χ3v) is 4.27. The predicted molar refractivity (Wildman–Crippen MR) is 56.6 cm³/mol. The smallest absolute Gasteiger partial charge is 0.338 e. The van der Waals surface area contributed by atoms with Crippen LogP contribution in [0.4, 0.5) is 0 Å². The van der Waals surface area contributed by atoms with Crippen LogP contribution in [0.5, 0.6) is 0 Å². The molecule has 6 heteroatoms. The summed E-state index contributed by atoms with van der Waals surface area (Å²) >= 11 is 0. The van der Waals surface area contributed by atoms with E-state index in [0.717, 1.165) is 0 Å². The molecule has 0 aliphatic carbocycles. The predicted octanol–water partition coefficient (Wildman–Crippen LogP) is 2.61. The van der Waals surface area contributed by atoms with Crippen LogP contribution in [-0.4, -0.2) is 24.0 Å². The summed E-state index contributed by atoms with van der Waals surface area (Å²) in [6, 6.07) is 1.75. The molecule has 1 unspecified atom stereocenters. The molecule has 0 aliphatic rings. The van der Waals surface area contributed by atoms with E-state index < -0.39 is 13.3 Å². The summed E-state index contributed by atoms with van der Waals surface area (Å²) in [5.41, 5.74) is -0.771. The molecule has 0 heterocycles. The first-order valence-corrected chi connectivity index (χ1v) is 6.30. The van der Waals surface area contributed by atoms with Crippen LogP contribution >= 0.6 is 7.60 Å². The Hall–Kier alpha value is -0.820. The molecule has 0 aromatic carbocycles. The Kier molecular flexibility index (Phi) is 6.26. The van der Waals surface area contributed by atoms with Crippen LogP contribution in [0.25, 0.3) is 0 Å². The van der Waals surface area contributed by atoms with Crippen molar-refractivity contribution in [3.05, 3.63) is 11.8 Å². The molecule has 0 rings (SSSR count). The van der Waals surface area contributed by atoms with Gasteiger partial charge in [-0.3, -0.25) is 4.57 Å². The largest absolute Gasteiger partial charge is 0.515 e. The van der Waals surface area contributed by atoms with E-state index in [-0.39, 0.29) is 18.8 Å². The highest BCUT2D eigenvalue weighted by Crippen LogP contribution is 2.54. The average molecular weight is 233 g/mol. The number of hydrogen-bond acceptors (Lipinski definition) is 5. The van der Waals surface area contributed by atoms with Gasteiger partial charge in [0.1, 0.15) is 0 Å². The Morgan fingerprint density at radius 1 is 1.53 bits per heavy atom. The van der Waals surface area contributed by atoms with E-state index in [1.165, 1.54) is 6.92 Å². The third-order valence-electron chi connectivity index (χ3n) is 1.81. The van der Waals surface area contributed by atoms with Crippen molar-refractivity contribution < 1.29 is 18.7 Å². The van der Waals surface area contributed by atoms with Gasteiger partial charge in [-0.15, -0.1) is 0 Å². The van der Waals surface area contributed by atoms with E-state index >= 15 is 0 Å². The lowest BCUT2D eigenvalue weighted by atomic mass is 10.2. The number of rotatable bonds is 6. The minimum absolute atomic E-state index is 0.0137. The lowest BCUT2D eigenvalue weighted by Crippen LogP contribution is -2.12. The second kappa shape index (κ2) is 6.62. The van der Waals surface area contributed by atoms with Gasteiger partial charge in [0.2, 0.25) is 0 Å². The molecule has 0 spiro atoms. The van der Waals surface area contributed by atoms with Gasteiger partial charge in [0.15, 0.2) is 0 Å². The van der Waals surface area contributed by atoms with Gasteiger partial charge in [-0.2, -0.15) is 5.26 Å². The highest BCUT2D eigenvalue weighted by atomic mass is 31.2. The fraction of sp³-hybridized carbons (Fsp3) is 0.667. The Labute approximate surface area is 89.8 Å². The SMILES string of the molecule is CCOP(=O)(OCC)C(C)/C(C#N)=C/O. The van der Waals surface area contributed by atoms with E-state index in [9.17, 15) is 4.57 Å². The molecule has 0 aromatic rings. The van der Waals surface area contributed by atoms with Crippen molar-refractivity contribution in [2.75, 3.05) is 13.2 Å². The molecular weight excluding hydrogens is 217 g/mol. The summed E-state index contributed by atoms with van der Waals surface area (Å²) in [4.78, 5) is 0. The second-order valence-electron chi connectivity index (χ2n) is 2.75. The van der Waals surface area contributed by atoms with Crippen molar-refractivity contribution in [1.29, 1.82) is 5.26 Å². The first kappa shape index (κ1) is 14.2. The molecular formula is C9H16NO4P. The molecule has 0 fully saturated rings. The molecule has 15 heavy (non-hydrogen) atoms. The van der Waals surface area contributed by atoms with Crippen LogP contribution in [0.15, 0.2) is 11.8 Å². The van der Waals surface area contributed by atoms with Crippen LogP contribution in [0, 0.1) is 11.3 Å². The van der Waals surface area contributed by atoms with Crippen LogP contribution in [-0.2, 0) is 13.6 Å². The van der Waals surface area contributed by atoms with E-state index in [2.05, 4.69) is 0 Å². The standard InChI is InChI=1S/C9H16NO4P/c1-4-13-15(12,14-5-2)8(3)9(6-10)7-11/h7-8,11H,4-5H2,1-3H3/b9-7+. The molecule has 0 radical (unpaired) electrons. The molecule has 5 nitrogen and oxygen atoms in total. The van der Waals surface area contributed by atoms with Crippen molar-refractivity contribution >= 4 is 7.60 Å². The van der Waals surface area contributed by atoms with Gasteiger partial charge in [-0.25, -0.2) is 0 Å². The molecule has 86 valence electrons. The fourth-order valence-electron chi connectivity index (χ4n) is 1.02. The fourth-order valence-corrected chi connectivity index (χ4v) is 2.73. The molecule has 0 saturated heterocycles. The topological polar surface area (TPSA) is 79.5 Å². The van der Waals surface area contributed by atoms with Gasteiger partial charge in [-0.05, 0) is 20.8 Å². The first-order valence-electron chi connectivity index (χ1n) is 4.68. The number of nitrogens with zero attached hydrogens (tertiary/aromatic N) is 1. The summed E-state index contributed by atoms with van der Waals surface area (Å²) in [5, 5.41) is 17.5. The third kappa shape index (κ3) is 3.67. The lowest BCUT2D eigenvalue weighted by Gasteiger charge is -2.22. The van der Waals surface area contributed by atoms with Crippen LogP contribution in [0.2, 0.25) is 0 Å². The minimum Gasteiger partial charge on any atom is -0.515 e. The lowest BCUT2D eigenvalue weighted by molar-refractivity contribution is 0.216. The first-order chi connectivity index (χ1) is 7.05. The maximum absolute atomic E-state index is 12.1. The van der Waals surface area contributed by atoms with Crippen molar-refractivity contribution in [2.45, 2.75) is 26.4 Å². The van der Waals surface area contributed by atoms with Crippen molar-refractivity contribution in [3.8, 4) is 6.07 Å². The maximum atomic E-state index is 12.1. The summed E-state index contributed by atoms with van der Waals surface area (Å²) in [6.45, 7) is 5.36. The normalized spacial score (nSPS) is 14.7. The van der Waals surface area contributed by atoms with E-state index in [1.54, 1.807) is 19.9 Å². The van der Waals surface area contributed by atoms with Gasteiger partial charge >= 0.3 is 7.60 Å². The average Bonchev–Trinajstić information content (AvgIpc) is 2.20. The number of aliphatic hydroxyl groups excluding tert-OH is 1. The summed E-state index contributed by atoms with van der Waals surface area (Å²) in [7, 11) is -3.35. The molecule has 0 aromatic heterocycles. The van der Waals surface area contributed by atoms with Gasteiger partial charge in [-0.1, -0.05) is 0 Å². The van der Waals surface area contributed by atoms with Gasteiger partial charge in [0, 0.05) is 0 Å². The highest BCUT2D eigenvalue weighted by molar-refractivity contribution is 7.54. The van der Waals surface area contributed by atoms with E-state index in [4.69, 9.17) is 19.4 Å².